The van der Waals surface area contributed by atoms with Gasteiger partial charge in [0.1, 0.15) is 11.9 Å². The summed E-state index contributed by atoms with van der Waals surface area (Å²) >= 11 is 0. The summed E-state index contributed by atoms with van der Waals surface area (Å²) in [6.45, 7) is 2.21. The number of pyridine rings is 1. The molecule has 0 amide bonds. The molecule has 2 aliphatic rings. The zero-order chi connectivity index (χ0) is 16.5. The van der Waals surface area contributed by atoms with Crippen LogP contribution in [-0.2, 0) is 0 Å². The van der Waals surface area contributed by atoms with Crippen molar-refractivity contribution in [2.75, 3.05) is 0 Å². The zero-order valence-corrected chi connectivity index (χ0v) is 14.0. The third-order valence-corrected chi connectivity index (χ3v) is 5.24. The highest BCUT2D eigenvalue weighted by atomic mass is 16.3. The number of nitrogens with zero attached hydrogens (tertiary/aromatic N) is 3. The van der Waals surface area contributed by atoms with E-state index in [0.717, 1.165) is 12.1 Å². The second kappa shape index (κ2) is 6.49. The SMILES string of the molecule is CC(NC1CCC(C2=CCC(O)N=C2)C1)c1cnc2ccccn12. The lowest BCUT2D eigenvalue weighted by Gasteiger charge is -2.20. The van der Waals surface area contributed by atoms with Crippen molar-refractivity contribution < 1.29 is 5.11 Å². The van der Waals surface area contributed by atoms with E-state index in [9.17, 15) is 5.11 Å². The van der Waals surface area contributed by atoms with Crippen LogP contribution in [0.4, 0.5) is 0 Å². The first kappa shape index (κ1) is 15.5. The van der Waals surface area contributed by atoms with Gasteiger partial charge in [0.05, 0.1) is 11.9 Å². The van der Waals surface area contributed by atoms with Crippen molar-refractivity contribution in [2.45, 2.75) is 50.9 Å². The van der Waals surface area contributed by atoms with Crippen LogP contribution >= 0.6 is 0 Å². The fourth-order valence-electron chi connectivity index (χ4n) is 3.95. The van der Waals surface area contributed by atoms with Crippen LogP contribution in [-0.4, -0.2) is 33.0 Å². The number of hydrogen-bond donors (Lipinski definition) is 2. The summed E-state index contributed by atoms with van der Waals surface area (Å²) in [6.07, 6.45) is 11.7. The fourth-order valence-corrected chi connectivity index (χ4v) is 3.95. The topological polar surface area (TPSA) is 61.9 Å². The van der Waals surface area contributed by atoms with Crippen molar-refractivity contribution in [2.24, 2.45) is 10.9 Å². The second-order valence-corrected chi connectivity index (χ2v) is 6.91. The maximum atomic E-state index is 9.47. The largest absolute Gasteiger partial charge is 0.371 e. The molecular weight excluding hydrogens is 300 g/mol. The molecule has 1 aliphatic carbocycles. The van der Waals surface area contributed by atoms with Crippen molar-refractivity contribution in [1.29, 1.82) is 0 Å². The lowest BCUT2D eigenvalue weighted by Crippen LogP contribution is -2.30. The molecule has 1 saturated carbocycles. The number of allylic oxidation sites excluding steroid dienone is 1. The predicted molar refractivity (Wildman–Crippen MR) is 95.1 cm³/mol. The van der Waals surface area contributed by atoms with Gasteiger partial charge in [0.25, 0.3) is 0 Å². The summed E-state index contributed by atoms with van der Waals surface area (Å²) in [5.74, 6) is 0.563. The fraction of sp³-hybridized carbons (Fsp3) is 0.474. The van der Waals surface area contributed by atoms with Crippen LogP contribution in [0.3, 0.4) is 0 Å². The van der Waals surface area contributed by atoms with E-state index >= 15 is 0 Å². The molecule has 5 nitrogen and oxygen atoms in total. The standard InChI is InChI=1S/C19H24N4O/c1-13(17-12-20-18-4-2-3-9-23(17)18)22-16-7-5-14(10-16)15-6-8-19(24)21-11-15/h2-4,6,9,11-14,16,19,22,24H,5,7-8,10H2,1H3. The highest BCUT2D eigenvalue weighted by molar-refractivity contribution is 5.80. The van der Waals surface area contributed by atoms with Crippen LogP contribution in [0.5, 0.6) is 0 Å². The van der Waals surface area contributed by atoms with E-state index in [-0.39, 0.29) is 6.04 Å². The summed E-state index contributed by atoms with van der Waals surface area (Å²) in [6, 6.07) is 6.87. The third-order valence-electron chi connectivity index (χ3n) is 5.24. The minimum atomic E-state index is -0.542. The summed E-state index contributed by atoms with van der Waals surface area (Å²) in [4.78, 5) is 8.63. The molecule has 1 fully saturated rings. The van der Waals surface area contributed by atoms with Crippen molar-refractivity contribution in [3.05, 3.63) is 47.9 Å². The summed E-state index contributed by atoms with van der Waals surface area (Å²) in [7, 11) is 0. The Labute approximate surface area is 142 Å². The number of rotatable bonds is 4. The van der Waals surface area contributed by atoms with E-state index in [2.05, 4.69) is 38.9 Å². The number of aliphatic hydroxyl groups excluding tert-OH is 1. The Kier molecular flexibility index (Phi) is 4.21. The average molecular weight is 324 g/mol. The van der Waals surface area contributed by atoms with E-state index in [4.69, 9.17) is 0 Å². The van der Waals surface area contributed by atoms with Gasteiger partial charge < -0.3 is 14.8 Å². The first-order chi connectivity index (χ1) is 11.7. The molecule has 2 aromatic rings. The number of aliphatic hydroxyl groups is 1. The molecule has 2 N–H and O–H groups in total. The van der Waals surface area contributed by atoms with Crippen LogP contribution in [0.15, 0.2) is 47.2 Å². The number of aliphatic imine (C=N–C) groups is 1. The molecule has 4 atom stereocenters. The van der Waals surface area contributed by atoms with Gasteiger partial charge in [-0.3, -0.25) is 4.99 Å². The Morgan fingerprint density at radius 3 is 3.08 bits per heavy atom. The van der Waals surface area contributed by atoms with Gasteiger partial charge >= 0.3 is 0 Å². The van der Waals surface area contributed by atoms with Crippen molar-refractivity contribution in [3.8, 4) is 0 Å². The van der Waals surface area contributed by atoms with Crippen molar-refractivity contribution >= 4 is 11.9 Å². The number of fused-ring (bicyclic) bond motifs is 1. The molecule has 1 aliphatic heterocycles. The van der Waals surface area contributed by atoms with Gasteiger partial charge in [0.2, 0.25) is 0 Å². The Bertz CT molecular complexity index is 779. The quantitative estimate of drug-likeness (QED) is 0.909. The first-order valence-corrected chi connectivity index (χ1v) is 8.80. The Morgan fingerprint density at radius 2 is 2.25 bits per heavy atom. The van der Waals surface area contributed by atoms with Gasteiger partial charge in [-0.1, -0.05) is 12.1 Å². The van der Waals surface area contributed by atoms with E-state index in [1.54, 1.807) is 0 Å². The molecule has 0 spiro atoms. The summed E-state index contributed by atoms with van der Waals surface area (Å²) in [5, 5.41) is 13.2. The number of nitrogens with one attached hydrogen (secondary N) is 1. The highest BCUT2D eigenvalue weighted by Crippen LogP contribution is 2.33. The van der Waals surface area contributed by atoms with Gasteiger partial charge in [0, 0.05) is 30.9 Å². The van der Waals surface area contributed by atoms with E-state index in [0.29, 0.717) is 18.4 Å². The number of dihydropyridines is 1. The molecule has 24 heavy (non-hydrogen) atoms. The van der Waals surface area contributed by atoms with Crippen LogP contribution < -0.4 is 5.32 Å². The molecule has 5 heteroatoms. The maximum absolute atomic E-state index is 9.47. The van der Waals surface area contributed by atoms with Gasteiger partial charge in [0.15, 0.2) is 0 Å². The third kappa shape index (κ3) is 3.01. The molecule has 2 aromatic heterocycles. The Balaban J connectivity index is 1.40. The van der Waals surface area contributed by atoms with E-state index < -0.39 is 6.23 Å². The molecule has 4 rings (SSSR count). The summed E-state index contributed by atoms with van der Waals surface area (Å²) < 4.78 is 2.15. The van der Waals surface area contributed by atoms with Gasteiger partial charge in [-0.2, -0.15) is 0 Å². The van der Waals surface area contributed by atoms with Gasteiger partial charge in [-0.25, -0.2) is 4.98 Å². The number of imidazole rings is 1. The number of hydrogen-bond acceptors (Lipinski definition) is 4. The maximum Gasteiger partial charge on any atom is 0.148 e. The van der Waals surface area contributed by atoms with Crippen LogP contribution in [0.25, 0.3) is 5.65 Å². The first-order valence-electron chi connectivity index (χ1n) is 8.80. The molecule has 4 unspecified atom stereocenters. The zero-order valence-electron chi connectivity index (χ0n) is 14.0. The van der Waals surface area contributed by atoms with Crippen LogP contribution in [0, 0.1) is 5.92 Å². The highest BCUT2D eigenvalue weighted by Gasteiger charge is 2.29. The molecule has 0 aromatic carbocycles. The molecule has 3 heterocycles. The minimum absolute atomic E-state index is 0.266. The molecular formula is C19H24N4O. The molecule has 0 bridgehead atoms. The van der Waals surface area contributed by atoms with Gasteiger partial charge in [-0.05, 0) is 49.8 Å². The average Bonchev–Trinajstić information content (AvgIpc) is 3.22. The minimum Gasteiger partial charge on any atom is -0.371 e. The van der Waals surface area contributed by atoms with Crippen molar-refractivity contribution in [1.82, 2.24) is 14.7 Å². The second-order valence-electron chi connectivity index (χ2n) is 6.91. The molecule has 0 radical (unpaired) electrons. The van der Waals surface area contributed by atoms with Crippen molar-refractivity contribution in [3.63, 3.8) is 0 Å². The Morgan fingerprint density at radius 1 is 1.33 bits per heavy atom. The van der Waals surface area contributed by atoms with Gasteiger partial charge in [-0.15, -0.1) is 0 Å². The monoisotopic (exact) mass is 324 g/mol. The van der Waals surface area contributed by atoms with Crippen LogP contribution in [0.1, 0.15) is 44.3 Å². The van der Waals surface area contributed by atoms with Crippen LogP contribution in [0.2, 0.25) is 0 Å². The number of aromatic nitrogens is 2. The van der Waals surface area contributed by atoms with E-state index in [1.807, 2.05) is 30.6 Å². The molecule has 126 valence electrons. The van der Waals surface area contributed by atoms with E-state index in [1.165, 1.54) is 24.1 Å². The lowest BCUT2D eigenvalue weighted by molar-refractivity contribution is 0.187. The summed E-state index contributed by atoms with van der Waals surface area (Å²) in [5.41, 5.74) is 3.50. The predicted octanol–water partition coefficient (Wildman–Crippen LogP) is 2.87. The smallest absolute Gasteiger partial charge is 0.148 e. The normalized spacial score (nSPS) is 28.2. The lowest BCUT2D eigenvalue weighted by atomic mass is 9.95. The Hall–Kier alpha value is -1.98. The molecule has 0 saturated heterocycles.